The zero-order chi connectivity index (χ0) is 41.0. The molecule has 6 amide bonds. The molecule has 4 bridgehead atoms. The molecule has 56 heavy (non-hydrogen) atoms. The van der Waals surface area contributed by atoms with Gasteiger partial charge in [-0.2, -0.15) is 11.8 Å². The van der Waals surface area contributed by atoms with E-state index in [-0.39, 0.29) is 37.6 Å². The van der Waals surface area contributed by atoms with Crippen molar-refractivity contribution in [2.24, 2.45) is 5.41 Å². The molecule has 0 aromatic heterocycles. The molecule has 306 valence electrons. The molecule has 2 unspecified atom stereocenters. The van der Waals surface area contributed by atoms with E-state index < -0.39 is 72.0 Å². The van der Waals surface area contributed by atoms with Crippen LogP contribution in [0.2, 0.25) is 0 Å². The lowest BCUT2D eigenvalue weighted by atomic mass is 9.85. The van der Waals surface area contributed by atoms with Crippen LogP contribution < -0.4 is 26.0 Å². The summed E-state index contributed by atoms with van der Waals surface area (Å²) in [4.78, 5) is 83.6. The van der Waals surface area contributed by atoms with Gasteiger partial charge in [0.05, 0.1) is 38.3 Å². The quantitative estimate of drug-likeness (QED) is 0.208. The van der Waals surface area contributed by atoms with Crippen molar-refractivity contribution in [2.45, 2.75) is 82.8 Å². The van der Waals surface area contributed by atoms with Gasteiger partial charge >= 0.3 is 0 Å². The van der Waals surface area contributed by atoms with Gasteiger partial charge in [0, 0.05) is 33.5 Å². The van der Waals surface area contributed by atoms with Gasteiger partial charge in [-0.25, -0.2) is 0 Å². The second-order valence-electron chi connectivity index (χ2n) is 15.3. The Morgan fingerprint density at radius 2 is 1.77 bits per heavy atom. The molecule has 0 aliphatic carbocycles. The zero-order valence-corrected chi connectivity index (χ0v) is 33.9. The summed E-state index contributed by atoms with van der Waals surface area (Å²) in [5.74, 6) is -2.24. The first-order valence-corrected chi connectivity index (χ1v) is 20.2. The molecule has 16 heteroatoms. The summed E-state index contributed by atoms with van der Waals surface area (Å²) < 4.78 is 12.0. The molecule has 2 aromatic carbocycles. The van der Waals surface area contributed by atoms with Crippen molar-refractivity contribution in [1.29, 1.82) is 0 Å². The molecule has 0 saturated carbocycles. The maximum Gasteiger partial charge on any atom is 0.251 e. The fourth-order valence-electron chi connectivity index (χ4n) is 6.56. The van der Waals surface area contributed by atoms with Crippen molar-refractivity contribution in [1.82, 2.24) is 31.1 Å². The molecule has 6 atom stereocenters. The number of carbonyl (C=O) groups excluding carboxylic acids is 6. The predicted octanol–water partition coefficient (Wildman–Crippen LogP) is 1.19. The molecular formula is C40H56N6O9S. The minimum atomic E-state index is -1.75. The van der Waals surface area contributed by atoms with Crippen LogP contribution >= 0.6 is 11.8 Å². The Bertz CT molecular complexity index is 1690. The van der Waals surface area contributed by atoms with Crippen LogP contribution in [-0.4, -0.2) is 133 Å². The number of aliphatic hydroxyl groups is 1. The van der Waals surface area contributed by atoms with Crippen LogP contribution in [0.15, 0.2) is 54.6 Å². The van der Waals surface area contributed by atoms with E-state index in [1.54, 1.807) is 56.6 Å². The highest BCUT2D eigenvalue weighted by molar-refractivity contribution is 7.98. The van der Waals surface area contributed by atoms with Gasteiger partial charge in [0.15, 0.2) is 6.10 Å². The Balaban J connectivity index is 1.48. The monoisotopic (exact) mass is 796 g/mol. The SMILES string of the molecule is CSCCC(NC(=O)[C@@H]1C[C@@H]2CN1C(=O)[C@H](C(C)(C)C)NC(=O)Cc1cccc(c1)OCCCO2)C(O)C(=O)NCC(=O)N[C@H](C(=O)N(C)C)c1ccccc1. The summed E-state index contributed by atoms with van der Waals surface area (Å²) >= 11 is 1.45. The minimum Gasteiger partial charge on any atom is -0.493 e. The average Bonchev–Trinajstić information content (AvgIpc) is 3.59. The highest BCUT2D eigenvalue weighted by atomic mass is 32.2. The lowest BCUT2D eigenvalue weighted by molar-refractivity contribution is -0.144. The number of nitrogens with zero attached hydrogens (tertiary/aromatic N) is 2. The molecule has 2 heterocycles. The fourth-order valence-corrected chi connectivity index (χ4v) is 7.05. The molecule has 1 saturated heterocycles. The lowest BCUT2D eigenvalue weighted by Gasteiger charge is -2.36. The largest absolute Gasteiger partial charge is 0.493 e. The maximum atomic E-state index is 14.4. The fraction of sp³-hybridized carbons (Fsp3) is 0.550. The summed E-state index contributed by atoms with van der Waals surface area (Å²) in [6.07, 6.45) is 0.505. The van der Waals surface area contributed by atoms with Crippen molar-refractivity contribution in [3.05, 3.63) is 65.7 Å². The second kappa shape index (κ2) is 20.5. The van der Waals surface area contributed by atoms with E-state index in [2.05, 4.69) is 21.3 Å². The van der Waals surface area contributed by atoms with Gasteiger partial charge in [-0.1, -0.05) is 63.2 Å². The van der Waals surface area contributed by atoms with Gasteiger partial charge in [-0.3, -0.25) is 28.8 Å². The first kappa shape index (κ1) is 44.0. The van der Waals surface area contributed by atoms with Crippen molar-refractivity contribution < 1.29 is 43.3 Å². The Morgan fingerprint density at radius 1 is 1.04 bits per heavy atom. The molecule has 2 aromatic rings. The van der Waals surface area contributed by atoms with Gasteiger partial charge in [-0.05, 0) is 47.1 Å². The zero-order valence-electron chi connectivity index (χ0n) is 33.0. The molecule has 0 radical (unpaired) electrons. The first-order valence-electron chi connectivity index (χ1n) is 18.8. The van der Waals surface area contributed by atoms with Gasteiger partial charge in [0.2, 0.25) is 29.5 Å². The number of aliphatic hydroxyl groups excluding tert-OH is 1. The standard InChI is InChI=1S/C40H56N6O9S/c1-40(2,3)35-39(53)46-24-28(55-18-11-17-54-27-15-10-12-25(20-27)21-31(47)44-35)22-30(46)36(50)42-29(16-19-56-6)34(49)37(51)41-23-32(48)43-33(38(52)45(4)5)26-13-8-7-9-14-26/h7-10,12-15,20,28-30,33-35,49H,11,16-19,21-24H2,1-6H3,(H,41,51)(H,42,50)(H,43,48)(H,44,47)/t28-,29?,30+,33+,34?,35-/m1/s1. The number of benzene rings is 2. The summed E-state index contributed by atoms with van der Waals surface area (Å²) in [5.41, 5.74) is 0.547. The van der Waals surface area contributed by atoms with Crippen molar-refractivity contribution in [2.75, 3.05) is 52.4 Å². The minimum absolute atomic E-state index is 0.0211. The number of rotatable bonds is 12. The van der Waals surface area contributed by atoms with E-state index in [0.717, 1.165) is 5.56 Å². The molecule has 2 aliphatic heterocycles. The maximum absolute atomic E-state index is 14.4. The van der Waals surface area contributed by atoms with E-state index in [4.69, 9.17) is 9.47 Å². The van der Waals surface area contributed by atoms with Crippen molar-refractivity contribution in [3.63, 3.8) is 0 Å². The molecular weight excluding hydrogens is 741 g/mol. The number of carbonyl (C=O) groups is 6. The third-order valence-corrected chi connectivity index (χ3v) is 10.2. The van der Waals surface area contributed by atoms with Crippen molar-refractivity contribution >= 4 is 47.2 Å². The Hall–Kier alpha value is -4.67. The van der Waals surface area contributed by atoms with E-state index in [1.807, 2.05) is 39.2 Å². The normalized spacial score (nSPS) is 20.8. The molecule has 4 rings (SSSR count). The average molecular weight is 797 g/mol. The molecule has 0 spiro atoms. The van der Waals surface area contributed by atoms with Crippen LogP contribution in [0.5, 0.6) is 5.75 Å². The summed E-state index contributed by atoms with van der Waals surface area (Å²) in [5, 5.41) is 22.0. The molecule has 5 N–H and O–H groups in total. The number of nitrogens with one attached hydrogen (secondary N) is 4. The molecule has 1 fully saturated rings. The second-order valence-corrected chi connectivity index (χ2v) is 16.3. The third kappa shape index (κ3) is 12.4. The van der Waals surface area contributed by atoms with Gasteiger partial charge in [0.1, 0.15) is 23.9 Å². The summed E-state index contributed by atoms with van der Waals surface area (Å²) in [6.45, 7) is 5.72. The van der Waals surface area contributed by atoms with Crippen LogP contribution in [0, 0.1) is 5.41 Å². The van der Waals surface area contributed by atoms with Gasteiger partial charge in [0.25, 0.3) is 5.91 Å². The molecule has 2 aliphatic rings. The summed E-state index contributed by atoms with van der Waals surface area (Å²) in [7, 11) is 3.13. The number of fused-ring (bicyclic) bond motifs is 4. The highest BCUT2D eigenvalue weighted by Gasteiger charge is 2.46. The number of thioether (sulfide) groups is 1. The summed E-state index contributed by atoms with van der Waals surface area (Å²) in [6, 6.07) is 11.8. The highest BCUT2D eigenvalue weighted by Crippen LogP contribution is 2.28. The first-order chi connectivity index (χ1) is 26.6. The van der Waals surface area contributed by atoms with E-state index >= 15 is 0 Å². The van der Waals surface area contributed by atoms with Gasteiger partial charge in [-0.15, -0.1) is 0 Å². The van der Waals surface area contributed by atoms with E-state index in [1.165, 1.54) is 21.6 Å². The van der Waals surface area contributed by atoms with Crippen LogP contribution in [0.25, 0.3) is 0 Å². The Labute approximate surface area is 333 Å². The predicted molar refractivity (Wildman–Crippen MR) is 211 cm³/mol. The van der Waals surface area contributed by atoms with Crippen LogP contribution in [-0.2, 0) is 39.9 Å². The third-order valence-electron chi connectivity index (χ3n) is 9.60. The van der Waals surface area contributed by atoms with Crippen molar-refractivity contribution in [3.8, 4) is 5.75 Å². The lowest BCUT2D eigenvalue weighted by Crippen LogP contribution is -2.59. The number of hydrogen-bond acceptors (Lipinski definition) is 10. The number of likely N-dealkylation sites (N-methyl/N-ethyl adjacent to an activating group) is 1. The topological polar surface area (TPSA) is 196 Å². The number of hydrogen-bond donors (Lipinski definition) is 5. The van der Waals surface area contributed by atoms with Gasteiger partial charge < -0.3 is 45.6 Å². The van der Waals surface area contributed by atoms with Crippen LogP contribution in [0.1, 0.15) is 57.2 Å². The Morgan fingerprint density at radius 3 is 2.45 bits per heavy atom. The number of amides is 6. The number of ether oxygens (including phenoxy) is 2. The molecule has 15 nitrogen and oxygen atoms in total. The van der Waals surface area contributed by atoms with E-state index in [9.17, 15) is 33.9 Å². The van der Waals surface area contributed by atoms with E-state index in [0.29, 0.717) is 36.7 Å². The van der Waals surface area contributed by atoms with Crippen LogP contribution in [0.4, 0.5) is 0 Å². The smallest absolute Gasteiger partial charge is 0.251 e. The van der Waals surface area contributed by atoms with Crippen LogP contribution in [0.3, 0.4) is 0 Å². The Kier molecular flexibility index (Phi) is 16.1.